The topological polar surface area (TPSA) is 166 Å². The number of hydrogen-bond acceptors (Lipinski definition) is 7. The van der Waals surface area contributed by atoms with Gasteiger partial charge >= 0.3 is 7.60 Å². The van der Waals surface area contributed by atoms with Gasteiger partial charge in [0.2, 0.25) is 23.6 Å². The summed E-state index contributed by atoms with van der Waals surface area (Å²) in [6, 6.07) is 20.7. The van der Waals surface area contributed by atoms with Gasteiger partial charge < -0.3 is 30.7 Å². The molecule has 0 saturated heterocycles. The molecule has 0 aliphatic carbocycles. The van der Waals surface area contributed by atoms with Gasteiger partial charge in [-0.25, -0.2) is 4.57 Å². The summed E-state index contributed by atoms with van der Waals surface area (Å²) >= 11 is 0. The molecule has 11 nitrogen and oxygen atoms in total. The Labute approximate surface area is 263 Å². The molecule has 0 aromatic heterocycles. The maximum Gasteiger partial charge on any atom is 0.457 e. The minimum absolute atomic E-state index is 0.0273. The standard InChI is InChI=1S/C33H41N4O7P/c1-21(2)20-28(36-32(41)29(22(3)4)35-23(5)38)31(40)37-33(25-18-16-24(17-19-25)30(34)39)45(42,43-26-12-8-6-9-13-26)44-27-14-10-7-11-15-27/h6-19,21-22,28-29,33H,20H2,1-5H3,(H2,34,39)(H,35,38)(H,36,41)(H,37,40)/t28-,29-,33?/m1/s1. The van der Waals surface area contributed by atoms with Gasteiger partial charge in [-0.3, -0.25) is 19.2 Å². The van der Waals surface area contributed by atoms with E-state index in [-0.39, 0.29) is 41.2 Å². The highest BCUT2D eigenvalue weighted by Gasteiger charge is 2.43. The van der Waals surface area contributed by atoms with Gasteiger partial charge in [0.05, 0.1) is 0 Å². The van der Waals surface area contributed by atoms with Crippen molar-refractivity contribution < 1.29 is 32.8 Å². The second-order valence-electron chi connectivity index (χ2n) is 11.4. The Morgan fingerprint density at radius 1 is 0.733 bits per heavy atom. The van der Waals surface area contributed by atoms with Crippen molar-refractivity contribution in [1.82, 2.24) is 16.0 Å². The molecule has 0 heterocycles. The largest absolute Gasteiger partial charge is 0.457 e. The van der Waals surface area contributed by atoms with E-state index in [0.29, 0.717) is 5.56 Å². The van der Waals surface area contributed by atoms with E-state index in [4.69, 9.17) is 14.8 Å². The van der Waals surface area contributed by atoms with Crippen LogP contribution in [0.5, 0.6) is 11.5 Å². The number of amides is 4. The van der Waals surface area contributed by atoms with Crippen molar-refractivity contribution in [3.63, 3.8) is 0 Å². The Kier molecular flexibility index (Phi) is 12.3. The van der Waals surface area contributed by atoms with Gasteiger partial charge in [-0.2, -0.15) is 0 Å². The lowest BCUT2D eigenvalue weighted by atomic mass is 10.00. The summed E-state index contributed by atoms with van der Waals surface area (Å²) in [7, 11) is -4.37. The number of para-hydroxylation sites is 2. The Bertz CT molecular complexity index is 1450. The quantitative estimate of drug-likeness (QED) is 0.172. The first-order valence-electron chi connectivity index (χ1n) is 14.7. The fourth-order valence-corrected chi connectivity index (χ4v) is 6.41. The van der Waals surface area contributed by atoms with E-state index in [2.05, 4.69) is 16.0 Å². The Morgan fingerprint density at radius 2 is 1.24 bits per heavy atom. The maximum atomic E-state index is 14.9. The molecular formula is C33H41N4O7P. The summed E-state index contributed by atoms with van der Waals surface area (Å²) in [4.78, 5) is 50.9. The second kappa shape index (κ2) is 15.9. The highest BCUT2D eigenvalue weighted by atomic mass is 31.2. The summed E-state index contributed by atoms with van der Waals surface area (Å²) in [5.74, 6) is -3.45. The van der Waals surface area contributed by atoms with Crippen LogP contribution in [-0.2, 0) is 18.9 Å². The van der Waals surface area contributed by atoms with Crippen LogP contribution in [0.2, 0.25) is 0 Å². The van der Waals surface area contributed by atoms with Gasteiger partial charge in [0.15, 0.2) is 5.78 Å². The first-order valence-corrected chi connectivity index (χ1v) is 16.3. The van der Waals surface area contributed by atoms with Gasteiger partial charge in [-0.15, -0.1) is 0 Å². The fraction of sp³-hybridized carbons (Fsp3) is 0.333. The van der Waals surface area contributed by atoms with Crippen LogP contribution in [0, 0.1) is 11.8 Å². The fourth-order valence-electron chi connectivity index (χ4n) is 4.51. The molecule has 1 unspecified atom stereocenters. The van der Waals surface area contributed by atoms with E-state index < -0.39 is 43.2 Å². The third kappa shape index (κ3) is 10.2. The highest BCUT2D eigenvalue weighted by molar-refractivity contribution is 7.55. The number of hydrogen-bond donors (Lipinski definition) is 4. The minimum atomic E-state index is -4.37. The van der Waals surface area contributed by atoms with Crippen LogP contribution in [0.4, 0.5) is 0 Å². The first-order chi connectivity index (χ1) is 21.3. The van der Waals surface area contributed by atoms with Crippen molar-refractivity contribution >= 4 is 31.2 Å². The molecule has 5 N–H and O–H groups in total. The predicted molar refractivity (Wildman–Crippen MR) is 171 cm³/mol. The highest BCUT2D eigenvalue weighted by Crippen LogP contribution is 2.59. The zero-order valence-electron chi connectivity index (χ0n) is 26.1. The van der Waals surface area contributed by atoms with E-state index in [1.54, 1.807) is 74.5 Å². The SMILES string of the molecule is CC(=O)N[C@@H](C(=O)N[C@H](CC(C)C)C(=O)NC(c1ccc(C(N)=O)cc1)P(=O)(Oc1ccccc1)Oc1ccccc1)C(C)C. The van der Waals surface area contributed by atoms with E-state index >= 15 is 0 Å². The molecule has 0 fully saturated rings. The van der Waals surface area contributed by atoms with E-state index in [1.165, 1.54) is 31.2 Å². The van der Waals surface area contributed by atoms with Crippen LogP contribution in [0.25, 0.3) is 0 Å². The average molecular weight is 637 g/mol. The Balaban J connectivity index is 2.08. The molecule has 3 aromatic rings. The zero-order valence-corrected chi connectivity index (χ0v) is 27.0. The lowest BCUT2D eigenvalue weighted by Gasteiger charge is -2.31. The maximum absolute atomic E-state index is 14.9. The molecule has 12 heteroatoms. The summed E-state index contributed by atoms with van der Waals surface area (Å²) in [6.45, 7) is 8.65. The average Bonchev–Trinajstić information content (AvgIpc) is 2.98. The predicted octanol–water partition coefficient (Wildman–Crippen LogP) is 4.94. The van der Waals surface area contributed by atoms with Crippen LogP contribution in [0.3, 0.4) is 0 Å². The molecular weight excluding hydrogens is 595 g/mol. The monoisotopic (exact) mass is 636 g/mol. The molecule has 0 saturated carbocycles. The summed E-state index contributed by atoms with van der Waals surface area (Å²) in [6.07, 6.45) is 0.235. The molecule has 3 aromatic carbocycles. The van der Waals surface area contributed by atoms with Crippen LogP contribution < -0.4 is 30.7 Å². The number of rotatable bonds is 15. The molecule has 4 amide bonds. The minimum Gasteiger partial charge on any atom is -0.414 e. The molecule has 3 rings (SSSR count). The van der Waals surface area contributed by atoms with Crippen molar-refractivity contribution in [2.75, 3.05) is 0 Å². The van der Waals surface area contributed by atoms with Gasteiger partial charge in [-0.1, -0.05) is 76.2 Å². The van der Waals surface area contributed by atoms with Gasteiger partial charge in [0.1, 0.15) is 23.6 Å². The number of benzene rings is 3. The zero-order chi connectivity index (χ0) is 33.1. The second-order valence-corrected chi connectivity index (χ2v) is 13.3. The molecule has 0 spiro atoms. The molecule has 45 heavy (non-hydrogen) atoms. The van der Waals surface area contributed by atoms with Gasteiger partial charge in [0, 0.05) is 12.5 Å². The van der Waals surface area contributed by atoms with Crippen molar-refractivity contribution in [3.05, 3.63) is 96.1 Å². The van der Waals surface area contributed by atoms with Crippen molar-refractivity contribution in [3.8, 4) is 11.5 Å². The summed E-state index contributed by atoms with van der Waals surface area (Å²) in [5.41, 5.74) is 5.94. The van der Waals surface area contributed by atoms with Crippen molar-refractivity contribution in [2.45, 2.75) is 58.9 Å². The van der Waals surface area contributed by atoms with E-state index in [9.17, 15) is 23.7 Å². The Morgan fingerprint density at radius 3 is 1.67 bits per heavy atom. The Hall–Kier alpha value is -4.63. The van der Waals surface area contributed by atoms with Crippen LogP contribution in [0.15, 0.2) is 84.9 Å². The molecule has 3 atom stereocenters. The van der Waals surface area contributed by atoms with Crippen molar-refractivity contribution in [2.24, 2.45) is 17.6 Å². The molecule has 0 bridgehead atoms. The third-order valence-corrected chi connectivity index (χ3v) is 8.70. The van der Waals surface area contributed by atoms with Crippen LogP contribution in [-0.4, -0.2) is 35.7 Å². The summed E-state index contributed by atoms with van der Waals surface area (Å²) < 4.78 is 27.0. The van der Waals surface area contributed by atoms with Crippen LogP contribution >= 0.6 is 7.60 Å². The number of primary amides is 1. The smallest absolute Gasteiger partial charge is 0.414 e. The number of carbonyl (C=O) groups excluding carboxylic acids is 4. The first kappa shape index (κ1) is 34.9. The van der Waals surface area contributed by atoms with E-state index in [1.807, 2.05) is 13.8 Å². The lowest BCUT2D eigenvalue weighted by Crippen LogP contribution is -2.55. The molecule has 0 radical (unpaired) electrons. The van der Waals surface area contributed by atoms with E-state index in [0.717, 1.165) is 0 Å². The number of carbonyl (C=O) groups is 4. The molecule has 0 aliphatic rings. The van der Waals surface area contributed by atoms with Crippen LogP contribution in [0.1, 0.15) is 62.7 Å². The molecule has 0 aliphatic heterocycles. The van der Waals surface area contributed by atoms with Gasteiger partial charge in [0.25, 0.3) is 0 Å². The lowest BCUT2D eigenvalue weighted by molar-refractivity contribution is -0.133. The molecule has 240 valence electrons. The number of nitrogens with one attached hydrogen (secondary N) is 3. The van der Waals surface area contributed by atoms with Crippen molar-refractivity contribution in [1.29, 1.82) is 0 Å². The third-order valence-electron chi connectivity index (χ3n) is 6.71. The summed E-state index contributed by atoms with van der Waals surface area (Å²) in [5, 5.41) is 8.21. The number of nitrogens with two attached hydrogens (primary N) is 1. The van der Waals surface area contributed by atoms with Gasteiger partial charge in [-0.05, 0) is 60.2 Å². The normalized spacial score (nSPS) is 13.3.